The molecule has 1 amide bonds. The average molecular weight is 488 g/mol. The molecule has 4 rings (SSSR count). The number of benzene rings is 2. The molecule has 2 aliphatic heterocycles. The van der Waals surface area contributed by atoms with Gasteiger partial charge in [0.15, 0.2) is 0 Å². The fourth-order valence-electron chi connectivity index (χ4n) is 3.95. The van der Waals surface area contributed by atoms with E-state index in [1.807, 2.05) is 24.3 Å². The zero-order chi connectivity index (χ0) is 24.3. The summed E-state index contributed by atoms with van der Waals surface area (Å²) >= 11 is 0. The number of nitrogens with one attached hydrogen (secondary N) is 2. The zero-order valence-corrected chi connectivity index (χ0v) is 19.7. The minimum Gasteiger partial charge on any atom is -0.497 e. The molecule has 1 saturated heterocycles. The van der Waals surface area contributed by atoms with Gasteiger partial charge >= 0.3 is 0 Å². The van der Waals surface area contributed by atoms with Gasteiger partial charge in [-0.2, -0.15) is 0 Å². The largest absolute Gasteiger partial charge is 0.497 e. The van der Waals surface area contributed by atoms with Crippen molar-refractivity contribution in [2.75, 3.05) is 31.2 Å². The highest BCUT2D eigenvalue weighted by atomic mass is 32.2. The summed E-state index contributed by atoms with van der Waals surface area (Å²) in [6.07, 6.45) is 7.18. The summed E-state index contributed by atoms with van der Waals surface area (Å²) in [5.74, 6) is -0.143. The van der Waals surface area contributed by atoms with E-state index in [1.54, 1.807) is 12.0 Å². The molecule has 2 aliphatic rings. The lowest BCUT2D eigenvalue weighted by Crippen LogP contribution is -2.46. The van der Waals surface area contributed by atoms with Crippen LogP contribution in [0.5, 0.6) is 5.75 Å². The van der Waals surface area contributed by atoms with Crippen LogP contribution in [0.1, 0.15) is 24.0 Å². The van der Waals surface area contributed by atoms with E-state index in [0.717, 1.165) is 23.3 Å². The molecule has 34 heavy (non-hydrogen) atoms. The Labute approximate surface area is 198 Å². The van der Waals surface area contributed by atoms with Crippen LogP contribution in [-0.4, -0.2) is 51.3 Å². The predicted molar refractivity (Wildman–Crippen MR) is 128 cm³/mol. The summed E-state index contributed by atoms with van der Waals surface area (Å²) in [5, 5.41) is 0. The summed E-state index contributed by atoms with van der Waals surface area (Å²) in [7, 11) is -1.96. The second-order valence-electron chi connectivity index (χ2n) is 8.33. The van der Waals surface area contributed by atoms with Gasteiger partial charge in [0.1, 0.15) is 17.2 Å². The van der Waals surface area contributed by atoms with E-state index in [9.17, 15) is 17.6 Å². The van der Waals surface area contributed by atoms with Crippen LogP contribution in [0.4, 0.5) is 10.1 Å². The number of hydrogen-bond acceptors (Lipinski definition) is 6. The van der Waals surface area contributed by atoms with Crippen LogP contribution in [0.15, 0.2) is 54.6 Å². The van der Waals surface area contributed by atoms with Crippen LogP contribution in [0, 0.1) is 5.82 Å². The molecular weight excluding hydrogens is 461 g/mol. The monoisotopic (exact) mass is 487 g/mol. The number of sulfonamides is 1. The van der Waals surface area contributed by atoms with Crippen LogP contribution in [0.2, 0.25) is 0 Å². The molecule has 0 bridgehead atoms. The molecule has 0 saturated carbocycles. The van der Waals surface area contributed by atoms with Gasteiger partial charge in [-0.3, -0.25) is 19.8 Å². The van der Waals surface area contributed by atoms with Crippen LogP contribution in [-0.2, 0) is 19.7 Å². The fraction of sp³-hybridized carbons (Fsp3) is 0.292. The van der Waals surface area contributed by atoms with Gasteiger partial charge < -0.3 is 9.64 Å². The van der Waals surface area contributed by atoms with Crippen molar-refractivity contribution in [1.82, 2.24) is 10.4 Å². The van der Waals surface area contributed by atoms with Crippen molar-refractivity contribution in [3.63, 3.8) is 0 Å². The maximum Gasteiger partial charge on any atom is 0.246 e. The third-order valence-corrected chi connectivity index (χ3v) is 6.37. The molecule has 8 nitrogen and oxygen atoms in total. The maximum absolute atomic E-state index is 14.1. The molecule has 2 heterocycles. The minimum atomic E-state index is -3.58. The van der Waals surface area contributed by atoms with Gasteiger partial charge in [0.05, 0.1) is 24.7 Å². The first-order valence-electron chi connectivity index (χ1n) is 10.7. The number of ether oxygens (including phenoxy) is 1. The third-order valence-electron chi connectivity index (χ3n) is 5.78. The Hall–Kier alpha value is -3.37. The Kier molecular flexibility index (Phi) is 6.63. The number of carbonyl (C=O) groups is 1. The Morgan fingerprint density at radius 3 is 2.68 bits per heavy atom. The average Bonchev–Trinajstić information content (AvgIpc) is 3.22. The van der Waals surface area contributed by atoms with Crippen molar-refractivity contribution >= 4 is 33.4 Å². The molecule has 0 aromatic heterocycles. The number of halogens is 1. The molecule has 10 heteroatoms. The summed E-state index contributed by atoms with van der Waals surface area (Å²) in [4.78, 5) is 20.3. The molecule has 2 N–H and O–H groups in total. The number of carbonyl (C=O) groups excluding carboxylic acids is 1. The number of methoxy groups -OCH3 is 1. The lowest BCUT2D eigenvalue weighted by atomic mass is 9.90. The molecule has 2 aromatic carbocycles. The van der Waals surface area contributed by atoms with E-state index in [-0.39, 0.29) is 11.6 Å². The van der Waals surface area contributed by atoms with Crippen LogP contribution < -0.4 is 14.9 Å². The van der Waals surface area contributed by atoms with Crippen molar-refractivity contribution in [3.8, 4) is 5.75 Å². The summed E-state index contributed by atoms with van der Waals surface area (Å²) < 4.78 is 44.1. The van der Waals surface area contributed by atoms with E-state index in [4.69, 9.17) is 9.57 Å². The molecule has 1 spiro atoms. The van der Waals surface area contributed by atoms with Gasteiger partial charge in [-0.1, -0.05) is 18.2 Å². The van der Waals surface area contributed by atoms with Crippen molar-refractivity contribution in [1.29, 1.82) is 0 Å². The van der Waals surface area contributed by atoms with E-state index in [0.29, 0.717) is 31.5 Å². The van der Waals surface area contributed by atoms with Crippen molar-refractivity contribution in [2.24, 2.45) is 0 Å². The standard InChI is InChI=1S/C24H26FN3O5S/c1-32-19-5-3-4-18(15-19)22-16-24(33-26-22)10-12-28(13-11-24)23(29)9-7-17-6-8-21(20(25)14-17)27-34(2,30)31/h3-9,14-16,26-27H,10-13H2,1-2H3. The summed E-state index contributed by atoms with van der Waals surface area (Å²) in [6.45, 7) is 1.02. The number of nitrogens with zero attached hydrogens (tertiary/aromatic N) is 1. The van der Waals surface area contributed by atoms with Gasteiger partial charge in [-0.15, -0.1) is 0 Å². The number of hydrogen-bond donors (Lipinski definition) is 2. The molecular formula is C24H26FN3O5S. The molecule has 2 aromatic rings. The number of piperidine rings is 1. The van der Waals surface area contributed by atoms with Crippen LogP contribution in [0.25, 0.3) is 11.8 Å². The SMILES string of the molecule is COc1cccc(C2=CC3(CCN(C(=O)C=Cc4ccc(NS(C)(=O)=O)c(F)c4)CC3)ON2)c1. The zero-order valence-electron chi connectivity index (χ0n) is 18.9. The van der Waals surface area contributed by atoms with Crippen LogP contribution >= 0.6 is 0 Å². The number of hydroxylamine groups is 1. The molecule has 0 aliphatic carbocycles. The highest BCUT2D eigenvalue weighted by molar-refractivity contribution is 7.92. The Morgan fingerprint density at radius 2 is 2.00 bits per heavy atom. The van der Waals surface area contributed by atoms with Gasteiger partial charge in [0.2, 0.25) is 15.9 Å². The van der Waals surface area contributed by atoms with Crippen LogP contribution in [0.3, 0.4) is 0 Å². The smallest absolute Gasteiger partial charge is 0.246 e. The van der Waals surface area contributed by atoms with Gasteiger partial charge in [0.25, 0.3) is 0 Å². The predicted octanol–water partition coefficient (Wildman–Crippen LogP) is 3.16. The number of anilines is 1. The second kappa shape index (κ2) is 9.47. The Balaban J connectivity index is 1.36. The Bertz CT molecular complexity index is 1250. The summed E-state index contributed by atoms with van der Waals surface area (Å²) in [6, 6.07) is 11.7. The van der Waals surface area contributed by atoms with E-state index in [1.165, 1.54) is 30.4 Å². The van der Waals surface area contributed by atoms with E-state index >= 15 is 0 Å². The highest BCUT2D eigenvalue weighted by Crippen LogP contribution is 2.35. The normalized spacial score (nSPS) is 17.5. The first-order valence-corrected chi connectivity index (χ1v) is 12.6. The lowest BCUT2D eigenvalue weighted by Gasteiger charge is -2.36. The van der Waals surface area contributed by atoms with Gasteiger partial charge in [-0.25, -0.2) is 12.8 Å². The van der Waals surface area contributed by atoms with Crippen molar-refractivity contribution < 1.29 is 27.2 Å². The number of rotatable bonds is 6. The minimum absolute atomic E-state index is 0.140. The topological polar surface area (TPSA) is 97.0 Å². The van der Waals surface area contributed by atoms with Gasteiger partial charge in [0, 0.05) is 37.6 Å². The maximum atomic E-state index is 14.1. The number of likely N-dealkylation sites (tertiary alicyclic amines) is 1. The fourth-order valence-corrected chi connectivity index (χ4v) is 4.52. The third kappa shape index (κ3) is 5.57. The Morgan fingerprint density at radius 1 is 1.24 bits per heavy atom. The molecule has 0 unspecified atom stereocenters. The lowest BCUT2D eigenvalue weighted by molar-refractivity contribution is -0.131. The van der Waals surface area contributed by atoms with Crippen molar-refractivity contribution in [2.45, 2.75) is 18.4 Å². The summed E-state index contributed by atoms with van der Waals surface area (Å²) in [5.41, 5.74) is 4.67. The first kappa shape index (κ1) is 23.8. The molecule has 0 radical (unpaired) electrons. The quantitative estimate of drug-likeness (QED) is 0.608. The molecule has 1 fully saturated rings. The van der Waals surface area contributed by atoms with E-state index in [2.05, 4.69) is 16.3 Å². The van der Waals surface area contributed by atoms with E-state index < -0.39 is 21.4 Å². The molecule has 180 valence electrons. The van der Waals surface area contributed by atoms with Crippen molar-refractivity contribution in [3.05, 3.63) is 71.6 Å². The first-order chi connectivity index (χ1) is 16.2. The second-order valence-corrected chi connectivity index (χ2v) is 10.1. The molecule has 0 atom stereocenters. The highest BCUT2D eigenvalue weighted by Gasteiger charge is 2.39. The number of amides is 1. The van der Waals surface area contributed by atoms with Gasteiger partial charge in [-0.05, 0) is 42.0 Å².